The lowest BCUT2D eigenvalue weighted by molar-refractivity contribution is -0.386. The predicted molar refractivity (Wildman–Crippen MR) is 99.8 cm³/mol. The topological polar surface area (TPSA) is 87.5 Å². The maximum Gasteiger partial charge on any atom is 0.274 e. The zero-order chi connectivity index (χ0) is 18.5. The normalized spacial score (nSPS) is 25.0. The van der Waals surface area contributed by atoms with Crippen molar-refractivity contribution in [2.45, 2.75) is 44.7 Å². The number of nitrogens with one attached hydrogen (secondary N) is 2. The molecule has 1 aromatic carbocycles. The molecule has 0 radical (unpaired) electrons. The number of benzene rings is 1. The van der Waals surface area contributed by atoms with Crippen molar-refractivity contribution >= 4 is 11.6 Å². The highest BCUT2D eigenvalue weighted by Gasteiger charge is 2.29. The zero-order valence-electron chi connectivity index (χ0n) is 15.3. The zero-order valence-corrected chi connectivity index (χ0v) is 15.3. The van der Waals surface area contributed by atoms with E-state index in [1.54, 1.807) is 12.1 Å². The number of amides is 1. The van der Waals surface area contributed by atoms with Gasteiger partial charge in [0.2, 0.25) is 5.91 Å². The summed E-state index contributed by atoms with van der Waals surface area (Å²) in [5.41, 5.74) is 0.945. The lowest BCUT2D eigenvalue weighted by Crippen LogP contribution is -2.45. The van der Waals surface area contributed by atoms with Gasteiger partial charge in [-0.3, -0.25) is 19.8 Å². The van der Waals surface area contributed by atoms with E-state index in [1.807, 2.05) is 19.1 Å². The number of piperidine rings is 1. The summed E-state index contributed by atoms with van der Waals surface area (Å²) in [5.74, 6) is 0.491. The summed E-state index contributed by atoms with van der Waals surface area (Å²) in [6.07, 6.45) is 4.10. The number of rotatable bonds is 6. The summed E-state index contributed by atoms with van der Waals surface area (Å²) in [5, 5.41) is 17.6. The van der Waals surface area contributed by atoms with Crippen LogP contribution in [0.5, 0.6) is 0 Å². The van der Waals surface area contributed by atoms with Crippen molar-refractivity contribution in [2.75, 3.05) is 26.2 Å². The second-order valence-corrected chi connectivity index (χ2v) is 7.39. The van der Waals surface area contributed by atoms with Crippen LogP contribution in [0.3, 0.4) is 0 Å². The highest BCUT2D eigenvalue weighted by atomic mass is 16.6. The Morgan fingerprint density at radius 1 is 1.38 bits per heavy atom. The van der Waals surface area contributed by atoms with Crippen LogP contribution in [0.15, 0.2) is 24.3 Å². The molecular weight excluding hydrogens is 332 g/mol. The molecule has 3 unspecified atom stereocenters. The van der Waals surface area contributed by atoms with E-state index in [2.05, 4.69) is 15.5 Å². The average Bonchev–Trinajstić information content (AvgIpc) is 3.20. The molecule has 2 aliphatic rings. The van der Waals surface area contributed by atoms with Gasteiger partial charge in [0.15, 0.2) is 0 Å². The van der Waals surface area contributed by atoms with Crippen molar-refractivity contribution in [3.8, 4) is 0 Å². The first-order chi connectivity index (χ1) is 12.6. The van der Waals surface area contributed by atoms with Crippen LogP contribution in [0.1, 0.15) is 44.2 Å². The molecule has 2 heterocycles. The highest BCUT2D eigenvalue weighted by Crippen LogP contribution is 2.31. The number of hydrogen-bond acceptors (Lipinski definition) is 5. The van der Waals surface area contributed by atoms with Crippen LogP contribution in [0.4, 0.5) is 5.69 Å². The summed E-state index contributed by atoms with van der Waals surface area (Å²) in [7, 11) is 0. The Morgan fingerprint density at radius 3 is 2.92 bits per heavy atom. The van der Waals surface area contributed by atoms with E-state index < -0.39 is 0 Å². The van der Waals surface area contributed by atoms with Crippen molar-refractivity contribution in [3.63, 3.8) is 0 Å². The molecule has 2 aliphatic heterocycles. The Balaban J connectivity index is 1.57. The SMILES string of the molecule is CC(c1ccccc1[N+](=O)[O-])N1CCCC(CNC(=O)C2CCCN2)C1. The van der Waals surface area contributed by atoms with Gasteiger partial charge < -0.3 is 10.6 Å². The van der Waals surface area contributed by atoms with Crippen molar-refractivity contribution in [2.24, 2.45) is 5.92 Å². The van der Waals surface area contributed by atoms with Crippen LogP contribution in [-0.4, -0.2) is 48.0 Å². The predicted octanol–water partition coefficient (Wildman–Crippen LogP) is 2.24. The lowest BCUT2D eigenvalue weighted by Gasteiger charge is -2.37. The van der Waals surface area contributed by atoms with Crippen molar-refractivity contribution in [1.29, 1.82) is 0 Å². The van der Waals surface area contributed by atoms with E-state index in [1.165, 1.54) is 0 Å². The average molecular weight is 360 g/mol. The quantitative estimate of drug-likeness (QED) is 0.600. The van der Waals surface area contributed by atoms with Gasteiger partial charge >= 0.3 is 0 Å². The van der Waals surface area contributed by atoms with Gasteiger partial charge in [-0.2, -0.15) is 0 Å². The molecule has 2 N–H and O–H groups in total. The molecule has 0 saturated carbocycles. The van der Waals surface area contributed by atoms with Gasteiger partial charge in [-0.15, -0.1) is 0 Å². The van der Waals surface area contributed by atoms with Gasteiger partial charge in [-0.25, -0.2) is 0 Å². The summed E-state index contributed by atoms with van der Waals surface area (Å²) in [6, 6.07) is 6.93. The Labute approximate surface area is 154 Å². The fourth-order valence-corrected chi connectivity index (χ4v) is 4.10. The molecular formula is C19H28N4O3. The van der Waals surface area contributed by atoms with E-state index in [0.717, 1.165) is 50.9 Å². The Bertz CT molecular complexity index is 645. The second-order valence-electron chi connectivity index (χ2n) is 7.39. The van der Waals surface area contributed by atoms with E-state index in [-0.39, 0.29) is 28.6 Å². The van der Waals surface area contributed by atoms with Gasteiger partial charge in [0.1, 0.15) is 0 Å². The molecule has 1 amide bonds. The number of carbonyl (C=O) groups is 1. The van der Waals surface area contributed by atoms with E-state index in [0.29, 0.717) is 12.5 Å². The minimum absolute atomic E-state index is 0.00778. The van der Waals surface area contributed by atoms with Crippen molar-refractivity contribution in [3.05, 3.63) is 39.9 Å². The van der Waals surface area contributed by atoms with Crippen LogP contribution >= 0.6 is 0 Å². The summed E-state index contributed by atoms with van der Waals surface area (Å²) in [6.45, 7) is 5.42. The lowest BCUT2D eigenvalue weighted by atomic mass is 9.94. The standard InChI is InChI=1S/C19H28N4O3/c1-14(16-7-2-3-9-18(16)23(25)26)22-11-5-6-15(13-22)12-21-19(24)17-8-4-10-20-17/h2-3,7,9,14-15,17,20H,4-6,8,10-13H2,1H3,(H,21,24). The first-order valence-corrected chi connectivity index (χ1v) is 9.54. The molecule has 0 bridgehead atoms. The number of likely N-dealkylation sites (tertiary alicyclic amines) is 1. The minimum Gasteiger partial charge on any atom is -0.354 e. The van der Waals surface area contributed by atoms with Crippen LogP contribution in [0.25, 0.3) is 0 Å². The molecule has 3 rings (SSSR count). The second kappa shape index (κ2) is 8.60. The third-order valence-corrected chi connectivity index (χ3v) is 5.62. The third-order valence-electron chi connectivity index (χ3n) is 5.62. The molecule has 0 spiro atoms. The van der Waals surface area contributed by atoms with Gasteiger partial charge in [-0.1, -0.05) is 18.2 Å². The summed E-state index contributed by atoms with van der Waals surface area (Å²) in [4.78, 5) is 25.5. The van der Waals surface area contributed by atoms with E-state index >= 15 is 0 Å². The monoisotopic (exact) mass is 360 g/mol. The smallest absolute Gasteiger partial charge is 0.274 e. The molecule has 0 aromatic heterocycles. The maximum absolute atomic E-state index is 12.2. The molecule has 142 valence electrons. The van der Waals surface area contributed by atoms with Gasteiger partial charge in [0.05, 0.1) is 11.0 Å². The molecule has 3 atom stereocenters. The summed E-state index contributed by atoms with van der Waals surface area (Å²) >= 11 is 0. The summed E-state index contributed by atoms with van der Waals surface area (Å²) < 4.78 is 0. The molecule has 1 aromatic rings. The van der Waals surface area contributed by atoms with Gasteiger partial charge in [0, 0.05) is 30.8 Å². The number of nitro benzene ring substituents is 1. The maximum atomic E-state index is 12.2. The van der Waals surface area contributed by atoms with Crippen LogP contribution in [0, 0.1) is 16.0 Å². The Hall–Kier alpha value is -1.99. The highest BCUT2D eigenvalue weighted by molar-refractivity contribution is 5.81. The number of nitrogens with zero attached hydrogens (tertiary/aromatic N) is 2. The first-order valence-electron chi connectivity index (χ1n) is 9.54. The van der Waals surface area contributed by atoms with Crippen LogP contribution < -0.4 is 10.6 Å². The molecule has 7 nitrogen and oxygen atoms in total. The third kappa shape index (κ3) is 4.40. The van der Waals surface area contributed by atoms with Gasteiger partial charge in [-0.05, 0) is 51.6 Å². The fraction of sp³-hybridized carbons (Fsp3) is 0.632. The molecule has 7 heteroatoms. The van der Waals surface area contributed by atoms with Crippen LogP contribution in [-0.2, 0) is 4.79 Å². The van der Waals surface area contributed by atoms with E-state index in [4.69, 9.17) is 0 Å². The molecule has 2 saturated heterocycles. The number of hydrogen-bond donors (Lipinski definition) is 2. The molecule has 0 aliphatic carbocycles. The Kier molecular flexibility index (Phi) is 6.21. The van der Waals surface area contributed by atoms with Gasteiger partial charge in [0.25, 0.3) is 5.69 Å². The Morgan fingerprint density at radius 2 is 2.19 bits per heavy atom. The number of nitro groups is 1. The van der Waals surface area contributed by atoms with E-state index in [9.17, 15) is 14.9 Å². The van der Waals surface area contributed by atoms with Crippen molar-refractivity contribution in [1.82, 2.24) is 15.5 Å². The molecule has 2 fully saturated rings. The van der Waals surface area contributed by atoms with Crippen molar-refractivity contribution < 1.29 is 9.72 Å². The largest absolute Gasteiger partial charge is 0.354 e. The fourth-order valence-electron chi connectivity index (χ4n) is 4.10. The first kappa shape index (κ1) is 18.8. The van der Waals surface area contributed by atoms with Crippen LogP contribution in [0.2, 0.25) is 0 Å². The minimum atomic E-state index is -0.303. The number of carbonyl (C=O) groups excluding carboxylic acids is 1. The number of para-hydroxylation sites is 1. The molecule has 26 heavy (non-hydrogen) atoms.